The van der Waals surface area contributed by atoms with Gasteiger partial charge in [-0.05, 0) is 24.6 Å². The van der Waals surface area contributed by atoms with Gasteiger partial charge in [0.15, 0.2) is 11.5 Å². The number of carbonyl (C=O) groups is 1. The number of ether oxygens (including phenoxy) is 3. The summed E-state index contributed by atoms with van der Waals surface area (Å²) in [6.45, 7) is 2.35. The first-order chi connectivity index (χ1) is 8.15. The topological polar surface area (TPSA) is 65.0 Å². The van der Waals surface area contributed by atoms with E-state index in [1.807, 2.05) is 18.2 Å². The predicted molar refractivity (Wildman–Crippen MR) is 59.1 cm³/mol. The van der Waals surface area contributed by atoms with Crippen molar-refractivity contribution >= 4 is 5.97 Å². The van der Waals surface area contributed by atoms with Gasteiger partial charge in [0, 0.05) is 0 Å². The Kier molecular flexibility index (Phi) is 3.49. The molecule has 5 heteroatoms. The van der Waals surface area contributed by atoms with E-state index in [1.54, 1.807) is 6.92 Å². The normalized spacial score (nSPS) is 14.6. The van der Waals surface area contributed by atoms with E-state index in [-0.39, 0.29) is 19.3 Å². The fraction of sp³-hybridized carbons (Fsp3) is 0.417. The summed E-state index contributed by atoms with van der Waals surface area (Å²) in [5.41, 5.74) is 0.937. The molecule has 1 aliphatic heterocycles. The summed E-state index contributed by atoms with van der Waals surface area (Å²) in [6, 6.07) is 5.54. The van der Waals surface area contributed by atoms with E-state index in [2.05, 4.69) is 0 Å². The van der Waals surface area contributed by atoms with E-state index in [0.29, 0.717) is 12.4 Å². The largest absolute Gasteiger partial charge is 0.481 e. The highest BCUT2D eigenvalue weighted by Crippen LogP contribution is 2.32. The molecular weight excluding hydrogens is 224 g/mol. The molecule has 0 saturated carbocycles. The summed E-state index contributed by atoms with van der Waals surface area (Å²) < 4.78 is 15.9. The highest BCUT2D eigenvalue weighted by molar-refractivity contribution is 5.67. The number of fused-ring (bicyclic) bond motifs is 1. The van der Waals surface area contributed by atoms with Gasteiger partial charge in [0.2, 0.25) is 6.79 Å². The van der Waals surface area contributed by atoms with Crippen LogP contribution in [0.15, 0.2) is 18.2 Å². The SMILES string of the molecule is CC(CC(=O)O)OCc1ccc2c(c1)OCO2. The summed E-state index contributed by atoms with van der Waals surface area (Å²) >= 11 is 0. The minimum atomic E-state index is -0.858. The molecule has 1 N–H and O–H groups in total. The molecule has 1 atom stereocenters. The molecule has 0 saturated heterocycles. The first kappa shape index (κ1) is 11.7. The van der Waals surface area contributed by atoms with Gasteiger partial charge in [-0.25, -0.2) is 0 Å². The molecule has 2 rings (SSSR count). The molecule has 17 heavy (non-hydrogen) atoms. The van der Waals surface area contributed by atoms with Crippen LogP contribution in [0, 0.1) is 0 Å². The van der Waals surface area contributed by atoms with Crippen LogP contribution in [-0.4, -0.2) is 24.0 Å². The van der Waals surface area contributed by atoms with Crippen LogP contribution in [0.4, 0.5) is 0 Å². The van der Waals surface area contributed by atoms with Crippen LogP contribution in [0.2, 0.25) is 0 Å². The first-order valence-corrected chi connectivity index (χ1v) is 5.37. The quantitative estimate of drug-likeness (QED) is 0.847. The minimum Gasteiger partial charge on any atom is -0.481 e. The standard InChI is InChI=1S/C12H14O5/c1-8(4-12(13)14)15-6-9-2-3-10-11(5-9)17-7-16-10/h2-3,5,8H,4,6-7H2,1H3,(H,13,14). The van der Waals surface area contributed by atoms with E-state index in [4.69, 9.17) is 19.3 Å². The third-order valence-corrected chi connectivity index (χ3v) is 2.43. The number of rotatable bonds is 5. The minimum absolute atomic E-state index is 0.00452. The average molecular weight is 238 g/mol. The Balaban J connectivity index is 1.89. The summed E-state index contributed by atoms with van der Waals surface area (Å²) in [4.78, 5) is 10.5. The van der Waals surface area contributed by atoms with Crippen LogP contribution in [0.3, 0.4) is 0 Å². The number of carboxylic acids is 1. The van der Waals surface area contributed by atoms with Crippen molar-refractivity contribution in [2.45, 2.75) is 26.1 Å². The maximum Gasteiger partial charge on any atom is 0.305 e. The zero-order valence-electron chi connectivity index (χ0n) is 9.51. The van der Waals surface area contributed by atoms with Gasteiger partial charge in [0.25, 0.3) is 0 Å². The molecule has 0 aliphatic carbocycles. The Morgan fingerprint density at radius 2 is 2.24 bits per heavy atom. The van der Waals surface area contributed by atoms with Gasteiger partial charge in [-0.3, -0.25) is 4.79 Å². The average Bonchev–Trinajstić information content (AvgIpc) is 2.72. The monoisotopic (exact) mass is 238 g/mol. The molecule has 0 amide bonds. The lowest BCUT2D eigenvalue weighted by atomic mass is 10.2. The van der Waals surface area contributed by atoms with Crippen molar-refractivity contribution in [1.82, 2.24) is 0 Å². The summed E-state index contributed by atoms with van der Waals surface area (Å²) in [5.74, 6) is 0.576. The Morgan fingerprint density at radius 3 is 3.00 bits per heavy atom. The smallest absolute Gasteiger partial charge is 0.305 e. The Hall–Kier alpha value is -1.75. The molecule has 1 aromatic carbocycles. The molecular formula is C12H14O5. The van der Waals surface area contributed by atoms with Crippen molar-refractivity contribution in [2.75, 3.05) is 6.79 Å². The number of hydrogen-bond acceptors (Lipinski definition) is 4. The first-order valence-electron chi connectivity index (χ1n) is 5.37. The van der Waals surface area contributed by atoms with Crippen LogP contribution in [-0.2, 0) is 16.1 Å². The van der Waals surface area contributed by atoms with E-state index < -0.39 is 5.97 Å². The number of hydrogen-bond donors (Lipinski definition) is 1. The number of carboxylic acid groups (broad SMARTS) is 1. The summed E-state index contributed by atoms with van der Waals surface area (Å²) in [7, 11) is 0. The highest BCUT2D eigenvalue weighted by Gasteiger charge is 2.14. The molecule has 1 aromatic rings. The molecule has 0 aromatic heterocycles. The number of aliphatic carboxylic acids is 1. The molecule has 0 spiro atoms. The number of benzene rings is 1. The zero-order valence-corrected chi connectivity index (χ0v) is 9.51. The van der Waals surface area contributed by atoms with Crippen molar-refractivity contribution in [1.29, 1.82) is 0 Å². The molecule has 0 fully saturated rings. The van der Waals surface area contributed by atoms with Gasteiger partial charge in [0.1, 0.15) is 0 Å². The lowest BCUT2D eigenvalue weighted by Crippen LogP contribution is -2.13. The van der Waals surface area contributed by atoms with E-state index in [1.165, 1.54) is 0 Å². The van der Waals surface area contributed by atoms with Crippen molar-refractivity contribution in [3.63, 3.8) is 0 Å². The lowest BCUT2D eigenvalue weighted by Gasteiger charge is -2.10. The van der Waals surface area contributed by atoms with E-state index in [9.17, 15) is 4.79 Å². The Morgan fingerprint density at radius 1 is 1.47 bits per heavy atom. The molecule has 5 nitrogen and oxygen atoms in total. The van der Waals surface area contributed by atoms with Crippen LogP contribution < -0.4 is 9.47 Å². The van der Waals surface area contributed by atoms with Crippen LogP contribution >= 0.6 is 0 Å². The van der Waals surface area contributed by atoms with Gasteiger partial charge in [0.05, 0.1) is 19.1 Å². The van der Waals surface area contributed by atoms with Gasteiger partial charge >= 0.3 is 5.97 Å². The molecule has 0 radical (unpaired) electrons. The third-order valence-electron chi connectivity index (χ3n) is 2.43. The predicted octanol–water partition coefficient (Wildman–Crippen LogP) is 1.80. The molecule has 1 aliphatic rings. The summed E-state index contributed by atoms with van der Waals surface area (Å²) in [6.07, 6.45) is -0.303. The van der Waals surface area contributed by atoms with E-state index >= 15 is 0 Å². The highest BCUT2D eigenvalue weighted by atomic mass is 16.7. The van der Waals surface area contributed by atoms with Crippen molar-refractivity contribution in [2.24, 2.45) is 0 Å². The maximum absolute atomic E-state index is 10.5. The van der Waals surface area contributed by atoms with E-state index in [0.717, 1.165) is 11.3 Å². The Bertz CT molecular complexity index is 415. The van der Waals surface area contributed by atoms with Gasteiger partial charge in [-0.2, -0.15) is 0 Å². The van der Waals surface area contributed by atoms with Gasteiger partial charge in [-0.15, -0.1) is 0 Å². The fourth-order valence-corrected chi connectivity index (χ4v) is 1.57. The molecule has 92 valence electrons. The third kappa shape index (κ3) is 3.10. The molecule has 0 bridgehead atoms. The fourth-order valence-electron chi connectivity index (χ4n) is 1.57. The second-order valence-corrected chi connectivity index (χ2v) is 3.91. The van der Waals surface area contributed by atoms with Crippen molar-refractivity contribution in [3.8, 4) is 11.5 Å². The maximum atomic E-state index is 10.5. The second kappa shape index (κ2) is 5.05. The molecule has 1 unspecified atom stereocenters. The van der Waals surface area contributed by atoms with Crippen LogP contribution in [0.5, 0.6) is 11.5 Å². The van der Waals surface area contributed by atoms with Crippen molar-refractivity contribution < 1.29 is 24.1 Å². The van der Waals surface area contributed by atoms with Gasteiger partial charge in [-0.1, -0.05) is 6.07 Å². The van der Waals surface area contributed by atoms with Crippen LogP contribution in [0.25, 0.3) is 0 Å². The lowest BCUT2D eigenvalue weighted by molar-refractivity contribution is -0.140. The van der Waals surface area contributed by atoms with Crippen molar-refractivity contribution in [3.05, 3.63) is 23.8 Å². The zero-order chi connectivity index (χ0) is 12.3. The van der Waals surface area contributed by atoms with Gasteiger partial charge < -0.3 is 19.3 Å². The second-order valence-electron chi connectivity index (χ2n) is 3.91. The molecule has 1 heterocycles. The van der Waals surface area contributed by atoms with Crippen LogP contribution in [0.1, 0.15) is 18.9 Å². The Labute approximate surface area is 98.9 Å². The summed E-state index contributed by atoms with van der Waals surface area (Å²) in [5, 5.41) is 8.59.